The van der Waals surface area contributed by atoms with Gasteiger partial charge in [0.2, 0.25) is 0 Å². The van der Waals surface area contributed by atoms with E-state index in [4.69, 9.17) is 5.11 Å². The molecule has 0 radical (unpaired) electrons. The fourth-order valence-electron chi connectivity index (χ4n) is 1.39. The Morgan fingerprint density at radius 2 is 2.21 bits per heavy atom. The molecule has 0 bridgehead atoms. The van der Waals surface area contributed by atoms with Crippen molar-refractivity contribution in [1.29, 1.82) is 0 Å². The smallest absolute Gasteiger partial charge is 0.325 e. The number of thiophene rings is 1. The van der Waals surface area contributed by atoms with Gasteiger partial charge in [0, 0.05) is 7.05 Å². The van der Waals surface area contributed by atoms with Crippen LogP contribution in [0.2, 0.25) is 0 Å². The number of aromatic nitrogens is 3. The van der Waals surface area contributed by atoms with Crippen LogP contribution in [0.4, 0.5) is 0 Å². The van der Waals surface area contributed by atoms with E-state index in [0.29, 0.717) is 10.6 Å². The van der Waals surface area contributed by atoms with Gasteiger partial charge in [0.1, 0.15) is 11.7 Å². The van der Waals surface area contributed by atoms with Crippen molar-refractivity contribution in [3.05, 3.63) is 23.2 Å². The molecule has 2 rings (SSSR count). The number of aryl methyl sites for hydroxylation is 1. The zero-order chi connectivity index (χ0) is 14.0. The van der Waals surface area contributed by atoms with Crippen molar-refractivity contribution in [2.45, 2.75) is 13.0 Å². The molecule has 1 atom stereocenters. The van der Waals surface area contributed by atoms with E-state index in [0.717, 1.165) is 4.88 Å². The van der Waals surface area contributed by atoms with Crippen molar-refractivity contribution in [3.8, 4) is 10.6 Å². The van der Waals surface area contributed by atoms with Gasteiger partial charge in [0.05, 0.1) is 16.0 Å². The number of amides is 1. The van der Waals surface area contributed by atoms with Gasteiger partial charge in [-0.1, -0.05) is 0 Å². The fraction of sp³-hybridized carbons (Fsp3) is 0.273. The molecule has 100 valence electrons. The summed E-state index contributed by atoms with van der Waals surface area (Å²) in [7, 11) is 1.71. The van der Waals surface area contributed by atoms with Crippen LogP contribution in [0.25, 0.3) is 10.6 Å². The van der Waals surface area contributed by atoms with E-state index in [-0.39, 0.29) is 0 Å². The minimum atomic E-state index is -1.07. The second-order valence-corrected chi connectivity index (χ2v) is 5.00. The van der Waals surface area contributed by atoms with Crippen LogP contribution in [0.5, 0.6) is 0 Å². The molecule has 1 amide bonds. The van der Waals surface area contributed by atoms with Gasteiger partial charge >= 0.3 is 5.97 Å². The highest BCUT2D eigenvalue weighted by Crippen LogP contribution is 2.25. The third-order valence-electron chi connectivity index (χ3n) is 2.40. The molecule has 8 heteroatoms. The van der Waals surface area contributed by atoms with Gasteiger partial charge in [-0.3, -0.25) is 9.59 Å². The van der Waals surface area contributed by atoms with Crippen molar-refractivity contribution in [1.82, 2.24) is 20.3 Å². The summed E-state index contributed by atoms with van der Waals surface area (Å²) in [4.78, 5) is 25.1. The molecule has 7 nitrogen and oxygen atoms in total. The number of carbonyl (C=O) groups excluding carboxylic acids is 1. The van der Waals surface area contributed by atoms with Crippen molar-refractivity contribution in [3.63, 3.8) is 0 Å². The zero-order valence-electron chi connectivity index (χ0n) is 10.3. The van der Waals surface area contributed by atoms with Crippen LogP contribution < -0.4 is 5.32 Å². The first kappa shape index (κ1) is 13.2. The Balaban J connectivity index is 2.13. The highest BCUT2D eigenvalue weighted by atomic mass is 32.1. The number of aliphatic carboxylic acids is 1. The van der Waals surface area contributed by atoms with E-state index < -0.39 is 17.9 Å². The quantitative estimate of drug-likeness (QED) is 0.861. The summed E-state index contributed by atoms with van der Waals surface area (Å²) in [5.41, 5.74) is 0.679. The van der Waals surface area contributed by atoms with E-state index >= 15 is 0 Å². The largest absolute Gasteiger partial charge is 0.480 e. The maximum atomic E-state index is 11.8. The molecule has 0 saturated heterocycles. The molecule has 0 saturated carbocycles. The third kappa shape index (κ3) is 2.97. The Hall–Kier alpha value is -2.22. The van der Waals surface area contributed by atoms with E-state index in [1.165, 1.54) is 23.1 Å². The molecular weight excluding hydrogens is 268 g/mol. The van der Waals surface area contributed by atoms with Gasteiger partial charge in [-0.15, -0.1) is 11.3 Å². The Labute approximate surface area is 112 Å². The third-order valence-corrected chi connectivity index (χ3v) is 3.51. The molecular formula is C11H12N4O3S. The first-order valence-corrected chi connectivity index (χ1v) is 6.29. The second kappa shape index (κ2) is 5.19. The van der Waals surface area contributed by atoms with Gasteiger partial charge in [0.15, 0.2) is 0 Å². The normalized spacial score (nSPS) is 12.1. The first-order chi connectivity index (χ1) is 8.97. The standard InChI is InChI=1S/C11H12N4O3S/c1-6(11(17)18)13-10(16)9-4-3-8(19-9)7-5-12-15(2)14-7/h3-6H,1-2H3,(H,13,16)(H,17,18). The number of hydrogen-bond donors (Lipinski definition) is 2. The van der Waals surface area contributed by atoms with Crippen molar-refractivity contribution in [2.24, 2.45) is 7.05 Å². The molecule has 2 N–H and O–H groups in total. The Kier molecular flexibility index (Phi) is 3.61. The summed E-state index contributed by atoms with van der Waals surface area (Å²) in [5.74, 6) is -1.48. The summed E-state index contributed by atoms with van der Waals surface area (Å²) in [6, 6.07) is 2.47. The molecule has 0 aromatic carbocycles. The molecule has 0 spiro atoms. The molecule has 2 aromatic rings. The van der Waals surface area contributed by atoms with Crippen LogP contribution in [0.15, 0.2) is 18.3 Å². The van der Waals surface area contributed by atoms with E-state index in [9.17, 15) is 9.59 Å². The van der Waals surface area contributed by atoms with E-state index in [1.807, 2.05) is 0 Å². The Bertz CT molecular complexity index is 619. The summed E-state index contributed by atoms with van der Waals surface area (Å²) in [5, 5.41) is 19.2. The van der Waals surface area contributed by atoms with Crippen LogP contribution in [-0.4, -0.2) is 38.0 Å². The summed E-state index contributed by atoms with van der Waals surface area (Å²) in [6.45, 7) is 1.41. The zero-order valence-corrected chi connectivity index (χ0v) is 11.1. The predicted octanol–water partition coefficient (Wildman–Crippen LogP) is 0.747. The van der Waals surface area contributed by atoms with Crippen LogP contribution in [0.3, 0.4) is 0 Å². The molecule has 0 aliphatic rings. The maximum absolute atomic E-state index is 11.8. The average Bonchev–Trinajstić information content (AvgIpc) is 2.96. The number of carboxylic acid groups (broad SMARTS) is 1. The highest BCUT2D eigenvalue weighted by molar-refractivity contribution is 7.17. The summed E-state index contributed by atoms with van der Waals surface area (Å²) < 4.78 is 0. The molecule has 2 aromatic heterocycles. The average molecular weight is 280 g/mol. The topological polar surface area (TPSA) is 97.1 Å². The van der Waals surface area contributed by atoms with Gasteiger partial charge in [0.25, 0.3) is 5.91 Å². The summed E-state index contributed by atoms with van der Waals surface area (Å²) in [6.07, 6.45) is 1.60. The minimum Gasteiger partial charge on any atom is -0.480 e. The molecule has 2 heterocycles. The van der Waals surface area contributed by atoms with E-state index in [2.05, 4.69) is 15.5 Å². The Morgan fingerprint density at radius 3 is 2.79 bits per heavy atom. The first-order valence-electron chi connectivity index (χ1n) is 5.47. The van der Waals surface area contributed by atoms with Crippen LogP contribution in [-0.2, 0) is 11.8 Å². The van der Waals surface area contributed by atoms with Crippen LogP contribution in [0.1, 0.15) is 16.6 Å². The van der Waals surface area contributed by atoms with Gasteiger partial charge < -0.3 is 10.4 Å². The Morgan fingerprint density at radius 1 is 1.47 bits per heavy atom. The predicted molar refractivity (Wildman–Crippen MR) is 68.9 cm³/mol. The van der Waals surface area contributed by atoms with Crippen molar-refractivity contribution < 1.29 is 14.7 Å². The summed E-state index contributed by atoms with van der Waals surface area (Å²) >= 11 is 1.24. The lowest BCUT2D eigenvalue weighted by atomic mass is 10.3. The molecule has 19 heavy (non-hydrogen) atoms. The number of carbonyl (C=O) groups is 2. The highest BCUT2D eigenvalue weighted by Gasteiger charge is 2.17. The fourth-order valence-corrected chi connectivity index (χ4v) is 2.24. The molecule has 1 unspecified atom stereocenters. The number of rotatable bonds is 4. The lowest BCUT2D eigenvalue weighted by Gasteiger charge is -2.07. The van der Waals surface area contributed by atoms with Crippen LogP contribution in [0, 0.1) is 0 Å². The molecule has 0 aliphatic carbocycles. The number of carboxylic acids is 1. The maximum Gasteiger partial charge on any atom is 0.325 e. The molecule has 0 fully saturated rings. The second-order valence-electron chi connectivity index (χ2n) is 3.92. The number of nitrogens with one attached hydrogen (secondary N) is 1. The van der Waals surface area contributed by atoms with Gasteiger partial charge in [-0.25, -0.2) is 0 Å². The van der Waals surface area contributed by atoms with Crippen molar-refractivity contribution >= 4 is 23.2 Å². The number of hydrogen-bond acceptors (Lipinski definition) is 5. The monoisotopic (exact) mass is 280 g/mol. The van der Waals surface area contributed by atoms with E-state index in [1.54, 1.807) is 25.4 Å². The SMILES string of the molecule is CC(NC(=O)c1ccc(-c2cnn(C)n2)s1)C(=O)O. The van der Waals surface area contributed by atoms with Crippen LogP contribution >= 0.6 is 11.3 Å². The number of nitrogens with zero attached hydrogens (tertiary/aromatic N) is 3. The lowest BCUT2D eigenvalue weighted by Crippen LogP contribution is -2.37. The minimum absolute atomic E-state index is 0.407. The van der Waals surface area contributed by atoms with Gasteiger partial charge in [-0.2, -0.15) is 15.0 Å². The molecule has 0 aliphatic heterocycles. The van der Waals surface area contributed by atoms with Crippen molar-refractivity contribution in [2.75, 3.05) is 0 Å². The lowest BCUT2D eigenvalue weighted by molar-refractivity contribution is -0.138. The van der Waals surface area contributed by atoms with Gasteiger partial charge in [-0.05, 0) is 19.1 Å².